The minimum Gasteiger partial charge on any atom is -0.497 e. The van der Waals surface area contributed by atoms with E-state index in [4.69, 9.17) is 9.73 Å². The molecule has 1 aliphatic rings. The van der Waals surface area contributed by atoms with E-state index in [0.29, 0.717) is 5.17 Å². The Morgan fingerprint density at radius 3 is 2.68 bits per heavy atom. The number of amidine groups is 1. The lowest BCUT2D eigenvalue weighted by molar-refractivity contribution is 0.233. The Labute approximate surface area is 183 Å². The number of methoxy groups -OCH3 is 1. The van der Waals surface area contributed by atoms with E-state index >= 15 is 0 Å². The number of anilines is 1. The van der Waals surface area contributed by atoms with E-state index in [9.17, 15) is 5.11 Å². The second kappa shape index (κ2) is 8.29. The van der Waals surface area contributed by atoms with Crippen molar-refractivity contribution in [2.24, 2.45) is 4.99 Å². The van der Waals surface area contributed by atoms with Crippen LogP contribution in [-0.2, 0) is 0 Å². The highest BCUT2D eigenvalue weighted by Gasteiger charge is 2.34. The monoisotopic (exact) mass is 428 g/mol. The molecule has 0 bridgehead atoms. The molecule has 31 heavy (non-hydrogen) atoms. The molecule has 1 aromatic heterocycles. The smallest absolute Gasteiger partial charge is 0.176 e. The van der Waals surface area contributed by atoms with Crippen LogP contribution in [0.25, 0.3) is 17.1 Å². The van der Waals surface area contributed by atoms with Gasteiger partial charge in [0.2, 0.25) is 0 Å². The second-order valence-electron chi connectivity index (χ2n) is 7.00. The molecule has 7 heteroatoms. The van der Waals surface area contributed by atoms with Gasteiger partial charge in [0, 0.05) is 10.6 Å². The van der Waals surface area contributed by atoms with Gasteiger partial charge in [0.15, 0.2) is 11.4 Å². The Morgan fingerprint density at radius 1 is 1.10 bits per heavy atom. The third kappa shape index (κ3) is 3.93. The summed E-state index contributed by atoms with van der Waals surface area (Å²) in [6, 6.07) is 23.3. The summed E-state index contributed by atoms with van der Waals surface area (Å²) in [6.45, 7) is 0. The molecule has 6 nitrogen and oxygen atoms in total. The van der Waals surface area contributed by atoms with Gasteiger partial charge in [-0.15, -0.1) is 0 Å². The van der Waals surface area contributed by atoms with E-state index in [1.807, 2.05) is 83.8 Å². The highest BCUT2D eigenvalue weighted by molar-refractivity contribution is 8.18. The SMILES string of the molecule is COc1ccc(N2C(=Nc3ccccc3)S/C(=C\c3ccc4nc[nH]c4c3)C2O)cc1. The number of aliphatic imine (C=N–C) groups is 1. The van der Waals surface area contributed by atoms with E-state index in [0.717, 1.165) is 38.6 Å². The number of benzene rings is 3. The summed E-state index contributed by atoms with van der Waals surface area (Å²) in [6.07, 6.45) is 2.81. The van der Waals surface area contributed by atoms with Gasteiger partial charge in [-0.2, -0.15) is 0 Å². The first-order valence-electron chi connectivity index (χ1n) is 9.79. The predicted molar refractivity (Wildman–Crippen MR) is 127 cm³/mol. The maximum absolute atomic E-state index is 11.2. The average molecular weight is 429 g/mol. The zero-order chi connectivity index (χ0) is 21.2. The van der Waals surface area contributed by atoms with E-state index < -0.39 is 6.23 Å². The summed E-state index contributed by atoms with van der Waals surface area (Å²) in [5.41, 5.74) is 4.51. The quantitative estimate of drug-likeness (QED) is 0.469. The van der Waals surface area contributed by atoms with Crippen LogP contribution in [0.3, 0.4) is 0 Å². The minimum atomic E-state index is -0.849. The van der Waals surface area contributed by atoms with Crippen molar-refractivity contribution in [3.8, 4) is 5.75 Å². The summed E-state index contributed by atoms with van der Waals surface area (Å²) >= 11 is 1.46. The summed E-state index contributed by atoms with van der Waals surface area (Å²) in [7, 11) is 1.63. The van der Waals surface area contributed by atoms with E-state index in [1.165, 1.54) is 11.8 Å². The Hall–Kier alpha value is -3.55. The number of aromatic amines is 1. The van der Waals surface area contributed by atoms with Crippen LogP contribution in [-0.4, -0.2) is 33.6 Å². The molecule has 1 unspecified atom stereocenters. The lowest BCUT2D eigenvalue weighted by atomic mass is 10.1. The number of hydrogen-bond donors (Lipinski definition) is 2. The number of H-pyrrole nitrogens is 1. The number of ether oxygens (including phenoxy) is 1. The Balaban J connectivity index is 1.55. The van der Waals surface area contributed by atoms with Crippen molar-refractivity contribution in [1.29, 1.82) is 0 Å². The van der Waals surface area contributed by atoms with Crippen molar-refractivity contribution in [2.75, 3.05) is 12.0 Å². The van der Waals surface area contributed by atoms with Crippen LogP contribution < -0.4 is 9.64 Å². The predicted octanol–water partition coefficient (Wildman–Crippen LogP) is 5.17. The Kier molecular flexibility index (Phi) is 5.19. The topological polar surface area (TPSA) is 73.7 Å². The molecule has 0 aliphatic carbocycles. The number of rotatable bonds is 4. The maximum atomic E-state index is 11.2. The molecule has 154 valence electrons. The third-order valence-corrected chi connectivity index (χ3v) is 6.03. The Bertz CT molecular complexity index is 1270. The molecule has 1 atom stereocenters. The molecule has 2 heterocycles. The van der Waals surface area contributed by atoms with Crippen molar-refractivity contribution in [1.82, 2.24) is 9.97 Å². The van der Waals surface area contributed by atoms with Crippen LogP contribution in [0.15, 0.2) is 89.0 Å². The number of nitrogens with one attached hydrogen (secondary N) is 1. The largest absolute Gasteiger partial charge is 0.497 e. The first kappa shape index (κ1) is 19.4. The van der Waals surface area contributed by atoms with Crippen LogP contribution in [0, 0.1) is 0 Å². The van der Waals surface area contributed by atoms with Gasteiger partial charge in [0.1, 0.15) is 5.75 Å². The number of aliphatic hydroxyl groups is 1. The molecule has 0 radical (unpaired) electrons. The van der Waals surface area contributed by atoms with Gasteiger partial charge < -0.3 is 14.8 Å². The molecule has 1 saturated heterocycles. The zero-order valence-electron chi connectivity index (χ0n) is 16.8. The van der Waals surface area contributed by atoms with Gasteiger partial charge in [0.05, 0.1) is 30.2 Å². The van der Waals surface area contributed by atoms with Crippen molar-refractivity contribution in [2.45, 2.75) is 6.23 Å². The molecule has 4 aromatic rings. The molecule has 5 rings (SSSR count). The maximum Gasteiger partial charge on any atom is 0.176 e. The van der Waals surface area contributed by atoms with Crippen LogP contribution in [0.2, 0.25) is 0 Å². The lowest BCUT2D eigenvalue weighted by Gasteiger charge is -2.22. The number of fused-ring (bicyclic) bond motifs is 1. The Morgan fingerprint density at radius 2 is 1.90 bits per heavy atom. The van der Waals surface area contributed by atoms with Crippen LogP contribution in [0.5, 0.6) is 5.75 Å². The fraction of sp³-hybridized carbons (Fsp3) is 0.0833. The number of para-hydroxylation sites is 1. The molecule has 0 spiro atoms. The third-order valence-electron chi connectivity index (χ3n) is 5.00. The summed E-state index contributed by atoms with van der Waals surface area (Å²) in [5, 5.41) is 11.9. The first-order chi connectivity index (χ1) is 15.2. The molecule has 2 N–H and O–H groups in total. The summed E-state index contributed by atoms with van der Waals surface area (Å²) < 4.78 is 5.27. The van der Waals surface area contributed by atoms with Gasteiger partial charge in [-0.3, -0.25) is 4.90 Å². The molecule has 1 fully saturated rings. The average Bonchev–Trinajstić information content (AvgIpc) is 3.39. The minimum absolute atomic E-state index is 0.706. The molecule has 0 amide bonds. The number of hydrogen-bond acceptors (Lipinski definition) is 5. The van der Waals surface area contributed by atoms with Gasteiger partial charge in [-0.1, -0.05) is 36.0 Å². The standard InChI is InChI=1S/C24H20N4O2S/c1-30-19-10-8-18(9-11-19)28-23(29)22(31-24(28)27-17-5-3-2-4-6-17)14-16-7-12-20-21(13-16)26-15-25-20/h2-15,23,29H,1H3,(H,25,26)/b22-14-,27-24?. The zero-order valence-corrected chi connectivity index (χ0v) is 17.6. The van der Waals surface area contributed by atoms with Gasteiger partial charge in [-0.25, -0.2) is 9.98 Å². The summed E-state index contributed by atoms with van der Waals surface area (Å²) in [5.74, 6) is 0.760. The van der Waals surface area contributed by atoms with E-state index in [-0.39, 0.29) is 0 Å². The molecule has 1 aliphatic heterocycles. The second-order valence-corrected chi connectivity index (χ2v) is 8.04. The number of imidazole rings is 1. The number of nitrogens with zero attached hydrogens (tertiary/aromatic N) is 3. The van der Waals surface area contributed by atoms with E-state index in [1.54, 1.807) is 13.4 Å². The van der Waals surface area contributed by atoms with Crippen LogP contribution in [0.4, 0.5) is 11.4 Å². The molecular weight excluding hydrogens is 408 g/mol. The fourth-order valence-electron chi connectivity index (χ4n) is 3.43. The van der Waals surface area contributed by atoms with Crippen molar-refractivity contribution in [3.05, 3.63) is 89.6 Å². The van der Waals surface area contributed by atoms with Crippen LogP contribution >= 0.6 is 11.8 Å². The van der Waals surface area contributed by atoms with Crippen molar-refractivity contribution in [3.63, 3.8) is 0 Å². The highest BCUT2D eigenvalue weighted by Crippen LogP contribution is 2.40. The normalized spacial score (nSPS) is 18.9. The van der Waals surface area contributed by atoms with Gasteiger partial charge in [0.25, 0.3) is 0 Å². The van der Waals surface area contributed by atoms with Crippen molar-refractivity contribution >= 4 is 45.4 Å². The summed E-state index contributed by atoms with van der Waals surface area (Å²) in [4.78, 5) is 14.8. The number of aliphatic hydroxyl groups excluding tert-OH is 1. The van der Waals surface area contributed by atoms with Crippen molar-refractivity contribution < 1.29 is 9.84 Å². The molecule has 0 saturated carbocycles. The van der Waals surface area contributed by atoms with Crippen LogP contribution in [0.1, 0.15) is 5.56 Å². The van der Waals surface area contributed by atoms with E-state index in [2.05, 4.69) is 9.97 Å². The molecular formula is C24H20N4O2S. The highest BCUT2D eigenvalue weighted by atomic mass is 32.2. The first-order valence-corrected chi connectivity index (χ1v) is 10.6. The van der Waals surface area contributed by atoms with Gasteiger partial charge >= 0.3 is 0 Å². The van der Waals surface area contributed by atoms with Gasteiger partial charge in [-0.05, 0) is 60.2 Å². The lowest BCUT2D eigenvalue weighted by Crippen LogP contribution is -2.32. The number of thioether (sulfide) groups is 1. The fourth-order valence-corrected chi connectivity index (χ4v) is 4.51. The molecule has 3 aromatic carbocycles. The number of aromatic nitrogens is 2.